The van der Waals surface area contributed by atoms with Crippen molar-refractivity contribution in [3.63, 3.8) is 0 Å². The smallest absolute Gasteiger partial charge is 0.266 e. The van der Waals surface area contributed by atoms with Gasteiger partial charge >= 0.3 is 0 Å². The Morgan fingerprint density at radius 3 is 1.96 bits per heavy atom. The van der Waals surface area contributed by atoms with Gasteiger partial charge in [-0.3, -0.25) is 9.59 Å². The number of imide groups is 1. The average molecular weight is 318 g/mol. The number of carbonyl (C=O) groups excluding carboxylic acids is 2. The number of hydrogen-bond acceptors (Lipinski definition) is 4. The summed E-state index contributed by atoms with van der Waals surface area (Å²) in [5.74, 6) is 0.700. The number of oxazole rings is 1. The van der Waals surface area contributed by atoms with Crippen LogP contribution in [0, 0.1) is 13.8 Å². The van der Waals surface area contributed by atoms with Crippen LogP contribution < -0.4 is 4.90 Å². The fraction of sp³-hybridized carbons (Fsp3) is 0.105. The predicted octanol–water partition coefficient (Wildman–Crippen LogP) is 3.76. The molecule has 2 amide bonds. The Bertz CT molecular complexity index is 916. The molecule has 0 unspecified atom stereocenters. The summed E-state index contributed by atoms with van der Waals surface area (Å²) < 4.78 is 5.60. The van der Waals surface area contributed by atoms with Crippen LogP contribution >= 0.6 is 0 Å². The van der Waals surface area contributed by atoms with Gasteiger partial charge in [-0.15, -0.1) is 0 Å². The predicted molar refractivity (Wildman–Crippen MR) is 89.0 cm³/mol. The van der Waals surface area contributed by atoms with Gasteiger partial charge in [0.2, 0.25) is 5.89 Å². The fourth-order valence-electron chi connectivity index (χ4n) is 2.77. The van der Waals surface area contributed by atoms with E-state index in [1.165, 1.54) is 4.90 Å². The van der Waals surface area contributed by atoms with Gasteiger partial charge < -0.3 is 4.42 Å². The molecule has 0 fully saturated rings. The number of benzene rings is 2. The third-order valence-corrected chi connectivity index (χ3v) is 4.20. The van der Waals surface area contributed by atoms with Gasteiger partial charge in [-0.1, -0.05) is 12.1 Å². The number of carbonyl (C=O) groups is 2. The number of fused-ring (bicyclic) bond motifs is 1. The lowest BCUT2D eigenvalue weighted by atomic mass is 10.1. The van der Waals surface area contributed by atoms with Crippen molar-refractivity contribution in [1.82, 2.24) is 4.98 Å². The summed E-state index contributed by atoms with van der Waals surface area (Å²) in [7, 11) is 0. The maximum Gasteiger partial charge on any atom is 0.266 e. The van der Waals surface area contributed by atoms with Gasteiger partial charge in [0, 0.05) is 5.56 Å². The van der Waals surface area contributed by atoms with E-state index in [4.69, 9.17) is 4.42 Å². The van der Waals surface area contributed by atoms with E-state index in [1.807, 2.05) is 13.8 Å². The first kappa shape index (κ1) is 14.4. The number of aryl methyl sites for hydroxylation is 2. The van der Waals surface area contributed by atoms with Gasteiger partial charge in [0.25, 0.3) is 11.8 Å². The molecule has 2 aromatic carbocycles. The van der Waals surface area contributed by atoms with E-state index < -0.39 is 0 Å². The molecule has 24 heavy (non-hydrogen) atoms. The molecule has 0 bridgehead atoms. The second kappa shape index (κ2) is 5.16. The third-order valence-electron chi connectivity index (χ3n) is 4.20. The molecule has 3 aromatic rings. The summed E-state index contributed by atoms with van der Waals surface area (Å²) in [5, 5.41) is 0. The fourth-order valence-corrected chi connectivity index (χ4v) is 2.77. The van der Waals surface area contributed by atoms with Crippen molar-refractivity contribution in [2.24, 2.45) is 0 Å². The SMILES string of the molecule is Cc1nc(-c2ccc(N3C(=O)c4ccccc4C3=O)cc2)oc1C. The van der Waals surface area contributed by atoms with Gasteiger partial charge in [-0.05, 0) is 50.2 Å². The van der Waals surface area contributed by atoms with Crippen molar-refractivity contribution in [3.8, 4) is 11.5 Å². The van der Waals surface area contributed by atoms with Crippen LogP contribution in [0.5, 0.6) is 0 Å². The van der Waals surface area contributed by atoms with Crippen LogP contribution in [0.25, 0.3) is 11.5 Å². The third kappa shape index (κ3) is 2.06. The topological polar surface area (TPSA) is 63.4 Å². The molecule has 118 valence electrons. The molecular formula is C19H14N2O3. The summed E-state index contributed by atoms with van der Waals surface area (Å²) in [4.78, 5) is 30.5. The Morgan fingerprint density at radius 1 is 0.875 bits per heavy atom. The van der Waals surface area contributed by atoms with Crippen LogP contribution in [-0.2, 0) is 0 Å². The van der Waals surface area contributed by atoms with E-state index in [0.29, 0.717) is 22.7 Å². The maximum atomic E-state index is 12.5. The maximum absolute atomic E-state index is 12.5. The first-order chi connectivity index (χ1) is 11.6. The minimum absolute atomic E-state index is 0.300. The molecule has 0 spiro atoms. The highest BCUT2D eigenvalue weighted by Crippen LogP contribution is 2.30. The number of hydrogen-bond donors (Lipinski definition) is 0. The Balaban J connectivity index is 1.69. The molecule has 2 heterocycles. The summed E-state index contributed by atoms with van der Waals surface area (Å²) in [6.45, 7) is 3.74. The van der Waals surface area contributed by atoms with Gasteiger partial charge in [0.1, 0.15) is 5.76 Å². The van der Waals surface area contributed by atoms with Crippen molar-refractivity contribution < 1.29 is 14.0 Å². The Hall–Kier alpha value is -3.21. The van der Waals surface area contributed by atoms with Crippen LogP contribution in [0.4, 0.5) is 5.69 Å². The van der Waals surface area contributed by atoms with Crippen LogP contribution in [0.15, 0.2) is 52.9 Å². The number of nitrogens with zero attached hydrogens (tertiary/aromatic N) is 2. The molecule has 1 aliphatic rings. The van der Waals surface area contributed by atoms with E-state index in [0.717, 1.165) is 17.0 Å². The number of aromatic nitrogens is 1. The highest BCUT2D eigenvalue weighted by molar-refractivity contribution is 6.34. The van der Waals surface area contributed by atoms with Crippen molar-refractivity contribution in [2.75, 3.05) is 4.90 Å². The summed E-state index contributed by atoms with van der Waals surface area (Å²) in [6.07, 6.45) is 0. The quantitative estimate of drug-likeness (QED) is 0.675. The second-order valence-electron chi connectivity index (χ2n) is 5.70. The van der Waals surface area contributed by atoms with Crippen molar-refractivity contribution in [2.45, 2.75) is 13.8 Å². The molecule has 0 aliphatic carbocycles. The van der Waals surface area contributed by atoms with Crippen molar-refractivity contribution in [1.29, 1.82) is 0 Å². The molecule has 0 radical (unpaired) electrons. The average Bonchev–Trinajstić information content (AvgIpc) is 3.06. The monoisotopic (exact) mass is 318 g/mol. The zero-order valence-corrected chi connectivity index (χ0v) is 13.2. The van der Waals surface area contributed by atoms with E-state index in [-0.39, 0.29) is 11.8 Å². The Labute approximate surface area is 138 Å². The molecule has 4 rings (SSSR count). The number of anilines is 1. The standard InChI is InChI=1S/C19H14N2O3/c1-11-12(2)24-17(20-11)13-7-9-14(10-8-13)21-18(22)15-5-3-4-6-16(15)19(21)23/h3-10H,1-2H3. The molecule has 1 aliphatic heterocycles. The molecular weight excluding hydrogens is 304 g/mol. The first-order valence-electron chi connectivity index (χ1n) is 7.58. The molecule has 0 N–H and O–H groups in total. The molecule has 0 saturated heterocycles. The minimum atomic E-state index is -0.300. The van der Waals surface area contributed by atoms with E-state index in [2.05, 4.69) is 4.98 Å². The van der Waals surface area contributed by atoms with Crippen LogP contribution in [0.1, 0.15) is 32.2 Å². The summed E-state index contributed by atoms with van der Waals surface area (Å²) >= 11 is 0. The van der Waals surface area contributed by atoms with Crippen molar-refractivity contribution >= 4 is 17.5 Å². The van der Waals surface area contributed by atoms with E-state index >= 15 is 0 Å². The second-order valence-corrected chi connectivity index (χ2v) is 5.70. The van der Waals surface area contributed by atoms with Crippen LogP contribution in [0.2, 0.25) is 0 Å². The van der Waals surface area contributed by atoms with Gasteiger partial charge in [0.15, 0.2) is 0 Å². The largest absolute Gasteiger partial charge is 0.441 e. The Morgan fingerprint density at radius 2 is 1.46 bits per heavy atom. The Kier molecular flexibility index (Phi) is 3.09. The molecule has 0 saturated carbocycles. The van der Waals surface area contributed by atoms with E-state index in [1.54, 1.807) is 48.5 Å². The highest BCUT2D eigenvalue weighted by Gasteiger charge is 2.36. The zero-order valence-electron chi connectivity index (χ0n) is 13.2. The first-order valence-corrected chi connectivity index (χ1v) is 7.58. The molecule has 5 nitrogen and oxygen atoms in total. The van der Waals surface area contributed by atoms with Gasteiger partial charge in [-0.2, -0.15) is 0 Å². The molecule has 1 aromatic heterocycles. The lowest BCUT2D eigenvalue weighted by Gasteiger charge is -2.13. The van der Waals surface area contributed by atoms with Gasteiger partial charge in [0.05, 0.1) is 22.5 Å². The number of amides is 2. The minimum Gasteiger partial charge on any atom is -0.441 e. The van der Waals surface area contributed by atoms with E-state index in [9.17, 15) is 9.59 Å². The van der Waals surface area contributed by atoms with Gasteiger partial charge in [-0.25, -0.2) is 9.88 Å². The summed E-state index contributed by atoms with van der Waals surface area (Å²) in [5.41, 5.74) is 3.04. The lowest BCUT2D eigenvalue weighted by molar-refractivity contribution is 0.0926. The van der Waals surface area contributed by atoms with Crippen LogP contribution in [0.3, 0.4) is 0 Å². The van der Waals surface area contributed by atoms with Crippen LogP contribution in [-0.4, -0.2) is 16.8 Å². The number of rotatable bonds is 2. The normalized spacial score (nSPS) is 13.5. The molecule has 5 heteroatoms. The zero-order chi connectivity index (χ0) is 16.8. The van der Waals surface area contributed by atoms with Crippen molar-refractivity contribution in [3.05, 3.63) is 71.1 Å². The lowest BCUT2D eigenvalue weighted by Crippen LogP contribution is -2.29. The molecule has 0 atom stereocenters. The summed E-state index contributed by atoms with van der Waals surface area (Å²) in [6, 6.07) is 13.9. The highest BCUT2D eigenvalue weighted by atomic mass is 16.4.